The fourth-order valence-electron chi connectivity index (χ4n) is 4.34. The van der Waals surface area contributed by atoms with Crippen LogP contribution in [0.15, 0.2) is 54.3 Å². The third-order valence-electron chi connectivity index (χ3n) is 6.13. The number of hydrogen-bond donors (Lipinski definition) is 1. The maximum Gasteiger partial charge on any atom is 0.290 e. The van der Waals surface area contributed by atoms with Gasteiger partial charge in [-0.25, -0.2) is 9.97 Å². The maximum atomic E-state index is 13.6. The molecule has 0 saturated heterocycles. The Morgan fingerprint density at radius 3 is 2.41 bits per heavy atom. The predicted molar refractivity (Wildman–Crippen MR) is 132 cm³/mol. The molecule has 1 atom stereocenters. The average molecular weight is 479 g/mol. The maximum absolute atomic E-state index is 13.6. The molecule has 0 radical (unpaired) electrons. The van der Waals surface area contributed by atoms with Crippen LogP contribution in [0.25, 0.3) is 0 Å². The molecule has 1 N–H and O–H groups in total. The van der Waals surface area contributed by atoms with Gasteiger partial charge in [0.2, 0.25) is 5.78 Å². The summed E-state index contributed by atoms with van der Waals surface area (Å²) in [5.74, 6) is -1.32. The number of thiazole rings is 1. The monoisotopic (exact) mass is 478 g/mol. The molecule has 2 aromatic heterocycles. The Morgan fingerprint density at radius 1 is 1.15 bits per heavy atom. The molecule has 8 heteroatoms. The van der Waals surface area contributed by atoms with E-state index in [9.17, 15) is 14.7 Å². The van der Waals surface area contributed by atoms with Crippen molar-refractivity contribution in [3.8, 4) is 0 Å². The van der Waals surface area contributed by atoms with Crippen molar-refractivity contribution in [1.82, 2.24) is 19.4 Å². The van der Waals surface area contributed by atoms with Crippen molar-refractivity contribution in [1.29, 1.82) is 0 Å². The molecule has 1 unspecified atom stereocenters. The first-order chi connectivity index (χ1) is 16.1. The van der Waals surface area contributed by atoms with Crippen LogP contribution in [0.2, 0.25) is 0 Å². The van der Waals surface area contributed by atoms with Crippen molar-refractivity contribution in [2.45, 2.75) is 59.0 Å². The molecular weight excluding hydrogens is 448 g/mol. The molecule has 0 spiro atoms. The minimum absolute atomic E-state index is 0.0254. The van der Waals surface area contributed by atoms with Gasteiger partial charge in [0.1, 0.15) is 0 Å². The number of benzene rings is 1. The summed E-state index contributed by atoms with van der Waals surface area (Å²) in [7, 11) is 0. The smallest absolute Gasteiger partial charge is 0.290 e. The van der Waals surface area contributed by atoms with E-state index >= 15 is 0 Å². The van der Waals surface area contributed by atoms with Gasteiger partial charge in [-0.1, -0.05) is 45.0 Å². The highest BCUT2D eigenvalue weighted by molar-refractivity contribution is 7.14. The largest absolute Gasteiger partial charge is 0.503 e. The summed E-state index contributed by atoms with van der Waals surface area (Å²) < 4.78 is 1.94. The lowest BCUT2D eigenvalue weighted by Crippen LogP contribution is -2.32. The van der Waals surface area contributed by atoms with Crippen LogP contribution in [0, 0.1) is 13.8 Å². The lowest BCUT2D eigenvalue weighted by atomic mass is 9.85. The fraction of sp³-hybridized carbons (Fsp3) is 0.385. The molecule has 3 heterocycles. The van der Waals surface area contributed by atoms with Crippen molar-refractivity contribution in [2.75, 3.05) is 6.54 Å². The molecule has 0 bridgehead atoms. The van der Waals surface area contributed by atoms with Crippen molar-refractivity contribution in [3.05, 3.63) is 81.0 Å². The predicted octanol–water partition coefficient (Wildman–Crippen LogP) is 4.92. The number of amides is 1. The van der Waals surface area contributed by atoms with Crippen molar-refractivity contribution >= 4 is 23.0 Å². The van der Waals surface area contributed by atoms with Crippen LogP contribution in [0.4, 0.5) is 0 Å². The van der Waals surface area contributed by atoms with E-state index in [1.807, 2.05) is 42.0 Å². The number of aliphatic hydroxyl groups is 1. The quantitative estimate of drug-likeness (QED) is 0.487. The lowest BCUT2D eigenvalue weighted by molar-refractivity contribution is -0.129. The van der Waals surface area contributed by atoms with E-state index in [1.54, 1.807) is 24.3 Å². The van der Waals surface area contributed by atoms with Crippen LogP contribution in [0.3, 0.4) is 0 Å². The molecule has 1 aliphatic heterocycles. The molecule has 1 amide bonds. The number of hydrogen-bond acceptors (Lipinski definition) is 6. The van der Waals surface area contributed by atoms with Gasteiger partial charge in [-0.2, -0.15) is 0 Å². The summed E-state index contributed by atoms with van der Waals surface area (Å²) >= 11 is 1.29. The van der Waals surface area contributed by atoms with Gasteiger partial charge < -0.3 is 14.6 Å². The average Bonchev–Trinajstić information content (AvgIpc) is 3.48. The molecule has 178 valence electrons. The Labute approximate surface area is 203 Å². The summed E-state index contributed by atoms with van der Waals surface area (Å²) in [4.78, 5) is 37.3. The van der Waals surface area contributed by atoms with E-state index in [0.717, 1.165) is 16.1 Å². The van der Waals surface area contributed by atoms with E-state index < -0.39 is 17.7 Å². The summed E-state index contributed by atoms with van der Waals surface area (Å²) in [5.41, 5.74) is 2.67. The van der Waals surface area contributed by atoms with Gasteiger partial charge in [0.25, 0.3) is 5.91 Å². The molecule has 3 aromatic rings. The Hall–Kier alpha value is -3.26. The zero-order valence-electron chi connectivity index (χ0n) is 20.2. The number of aromatic nitrogens is 3. The normalized spacial score (nSPS) is 16.6. The zero-order valence-corrected chi connectivity index (χ0v) is 21.0. The summed E-state index contributed by atoms with van der Waals surface area (Å²) in [5, 5.41) is 11.7. The third kappa shape index (κ3) is 4.55. The van der Waals surface area contributed by atoms with Crippen molar-refractivity contribution in [2.24, 2.45) is 0 Å². The molecule has 4 rings (SSSR count). The number of Topliss-reactive ketones (excluding diaryl/α,β-unsaturated/α-hetero) is 1. The van der Waals surface area contributed by atoms with E-state index in [-0.39, 0.29) is 16.8 Å². The van der Waals surface area contributed by atoms with E-state index in [1.165, 1.54) is 11.3 Å². The first-order valence-corrected chi connectivity index (χ1v) is 12.2. The van der Waals surface area contributed by atoms with Crippen molar-refractivity contribution < 1.29 is 14.7 Å². The number of rotatable bonds is 7. The van der Waals surface area contributed by atoms with E-state index in [0.29, 0.717) is 30.1 Å². The van der Waals surface area contributed by atoms with Crippen LogP contribution in [0.1, 0.15) is 64.7 Å². The first-order valence-electron chi connectivity index (χ1n) is 11.4. The molecule has 0 saturated carbocycles. The van der Waals surface area contributed by atoms with Crippen LogP contribution >= 0.6 is 11.3 Å². The van der Waals surface area contributed by atoms with Crippen LogP contribution < -0.4 is 0 Å². The third-order valence-corrected chi connectivity index (χ3v) is 7.20. The number of imidazole rings is 1. The van der Waals surface area contributed by atoms with E-state index in [2.05, 4.69) is 30.7 Å². The number of carbonyl (C=O) groups excluding carboxylic acids is 2. The Balaban J connectivity index is 1.71. The van der Waals surface area contributed by atoms with Crippen LogP contribution in [-0.4, -0.2) is 42.8 Å². The molecule has 1 aliphatic rings. The number of ketones is 1. The molecule has 1 aromatic carbocycles. The summed E-state index contributed by atoms with van der Waals surface area (Å²) in [6.07, 6.45) is 5.97. The van der Waals surface area contributed by atoms with Gasteiger partial charge in [-0.05, 0) is 36.8 Å². The van der Waals surface area contributed by atoms with Crippen LogP contribution in [0.5, 0.6) is 0 Å². The highest BCUT2D eigenvalue weighted by Gasteiger charge is 2.44. The number of nitrogens with zero attached hydrogens (tertiary/aromatic N) is 4. The summed E-state index contributed by atoms with van der Waals surface area (Å²) in [6, 6.07) is 7.32. The highest BCUT2D eigenvalue weighted by Crippen LogP contribution is 2.40. The minimum Gasteiger partial charge on any atom is -0.503 e. The van der Waals surface area contributed by atoms with Gasteiger partial charge >= 0.3 is 0 Å². The second kappa shape index (κ2) is 9.18. The van der Waals surface area contributed by atoms with Gasteiger partial charge in [0, 0.05) is 25.5 Å². The van der Waals surface area contributed by atoms with Crippen molar-refractivity contribution in [3.63, 3.8) is 0 Å². The molecule has 0 aliphatic carbocycles. The van der Waals surface area contributed by atoms with Gasteiger partial charge in [-0.15, -0.1) is 11.3 Å². The standard InChI is InChI=1S/C26H30N4O3S/c1-16-24(34-17(2)28-16)22(31)20-21(18-7-9-19(10-8-18)26(3,4)5)30(25(33)23(20)32)13-6-12-29-14-11-27-15-29/h7-11,14-15,21,32H,6,12-13H2,1-5H3. The minimum atomic E-state index is -0.654. The van der Waals surface area contributed by atoms with Gasteiger partial charge in [0.15, 0.2) is 5.76 Å². The summed E-state index contributed by atoms with van der Waals surface area (Å²) in [6.45, 7) is 11.1. The van der Waals surface area contributed by atoms with Gasteiger partial charge in [0.05, 0.1) is 33.5 Å². The molecule has 0 fully saturated rings. The highest BCUT2D eigenvalue weighted by atomic mass is 32.1. The molecular formula is C26H30N4O3S. The Morgan fingerprint density at radius 2 is 1.85 bits per heavy atom. The lowest BCUT2D eigenvalue weighted by Gasteiger charge is -2.28. The topological polar surface area (TPSA) is 88.3 Å². The fourth-order valence-corrected chi connectivity index (χ4v) is 5.21. The zero-order chi connectivity index (χ0) is 24.6. The number of carbonyl (C=O) groups is 2. The number of aliphatic hydroxyl groups excluding tert-OH is 1. The Kier molecular flexibility index (Phi) is 6.45. The first kappa shape index (κ1) is 23.9. The molecule has 34 heavy (non-hydrogen) atoms. The van der Waals surface area contributed by atoms with Gasteiger partial charge in [-0.3, -0.25) is 9.59 Å². The second-order valence-corrected chi connectivity index (χ2v) is 10.9. The van der Waals surface area contributed by atoms with Crippen LogP contribution in [-0.2, 0) is 16.8 Å². The second-order valence-electron chi connectivity index (χ2n) is 9.67. The number of aryl methyl sites for hydroxylation is 3. The molecule has 7 nitrogen and oxygen atoms in total. The Bertz CT molecular complexity index is 1230. The SMILES string of the molecule is Cc1nc(C)c(C(=O)C2=C(O)C(=O)N(CCCn3ccnc3)C2c2ccc(C(C)(C)C)cc2)s1. The van der Waals surface area contributed by atoms with E-state index in [4.69, 9.17) is 0 Å².